The Bertz CT molecular complexity index is 356. The number of aldehydes is 1. The molecule has 2 nitrogen and oxygen atoms in total. The third-order valence-electron chi connectivity index (χ3n) is 3.13. The van der Waals surface area contributed by atoms with Crippen molar-refractivity contribution in [3.05, 3.63) is 35.9 Å². The Morgan fingerprint density at radius 3 is 2.60 bits per heavy atom. The number of benzene rings is 1. The van der Waals surface area contributed by atoms with Crippen LogP contribution in [0.15, 0.2) is 30.3 Å². The van der Waals surface area contributed by atoms with Gasteiger partial charge in [-0.3, -0.25) is 4.79 Å². The fraction of sp³-hybridized carbons (Fsp3) is 0.385. The molecule has 1 saturated carbocycles. The van der Waals surface area contributed by atoms with Crippen LogP contribution < -0.4 is 0 Å². The summed E-state index contributed by atoms with van der Waals surface area (Å²) in [6.07, 6.45) is 2.92. The maximum Gasteiger partial charge on any atom is 0.143 e. The summed E-state index contributed by atoms with van der Waals surface area (Å²) in [4.78, 5) is 22.1. The van der Waals surface area contributed by atoms with Gasteiger partial charge in [0.25, 0.3) is 0 Å². The van der Waals surface area contributed by atoms with Crippen LogP contribution in [0.1, 0.15) is 30.7 Å². The van der Waals surface area contributed by atoms with Crippen molar-refractivity contribution in [1.82, 2.24) is 0 Å². The minimum atomic E-state index is -0.371. The van der Waals surface area contributed by atoms with Crippen molar-refractivity contribution in [3.63, 3.8) is 0 Å². The molecule has 0 radical (unpaired) electrons. The molecule has 1 aromatic rings. The van der Waals surface area contributed by atoms with Gasteiger partial charge in [-0.25, -0.2) is 0 Å². The number of carbonyl (C=O) groups excluding carboxylic acids is 2. The maximum absolute atomic E-state index is 11.4. The van der Waals surface area contributed by atoms with Gasteiger partial charge in [-0.15, -0.1) is 0 Å². The van der Waals surface area contributed by atoms with Crippen molar-refractivity contribution in [3.8, 4) is 0 Å². The third kappa shape index (κ3) is 2.14. The predicted octanol–water partition coefficient (Wildman–Crippen LogP) is 2.34. The van der Waals surface area contributed by atoms with Crippen LogP contribution >= 0.6 is 0 Å². The van der Waals surface area contributed by atoms with E-state index in [1.165, 1.54) is 5.56 Å². The minimum absolute atomic E-state index is 0.109. The zero-order chi connectivity index (χ0) is 10.7. The average Bonchev–Trinajstić information content (AvgIpc) is 2.31. The predicted molar refractivity (Wildman–Crippen MR) is 57.6 cm³/mol. The second kappa shape index (κ2) is 4.39. The summed E-state index contributed by atoms with van der Waals surface area (Å²) in [5.74, 6) is 0.111. The number of carbonyl (C=O) groups is 2. The van der Waals surface area contributed by atoms with Crippen molar-refractivity contribution in [2.45, 2.75) is 25.2 Å². The van der Waals surface area contributed by atoms with E-state index in [2.05, 4.69) is 12.1 Å². The monoisotopic (exact) mass is 202 g/mol. The largest absolute Gasteiger partial charge is 0.303 e. The molecule has 0 aliphatic heterocycles. The first kappa shape index (κ1) is 10.1. The fourth-order valence-electron chi connectivity index (χ4n) is 2.22. The Morgan fingerprint density at radius 1 is 1.20 bits per heavy atom. The first-order valence-corrected chi connectivity index (χ1v) is 5.34. The molecule has 0 amide bonds. The summed E-state index contributed by atoms with van der Waals surface area (Å²) in [6.45, 7) is 0. The van der Waals surface area contributed by atoms with E-state index in [1.54, 1.807) is 0 Å². The average molecular weight is 202 g/mol. The SMILES string of the molecule is O=CC1CC(c2ccccc2)CCC1=O. The molecule has 2 atom stereocenters. The highest BCUT2D eigenvalue weighted by Gasteiger charge is 2.28. The van der Waals surface area contributed by atoms with Crippen LogP contribution in [0, 0.1) is 5.92 Å². The van der Waals surface area contributed by atoms with Crippen LogP contribution in [-0.2, 0) is 9.59 Å². The first-order valence-electron chi connectivity index (χ1n) is 5.34. The molecule has 2 heteroatoms. The maximum atomic E-state index is 11.4. The van der Waals surface area contributed by atoms with Crippen molar-refractivity contribution < 1.29 is 9.59 Å². The highest BCUT2D eigenvalue weighted by Crippen LogP contribution is 2.33. The molecular weight excluding hydrogens is 188 g/mol. The van der Waals surface area contributed by atoms with Gasteiger partial charge in [0.2, 0.25) is 0 Å². The van der Waals surface area contributed by atoms with Crippen LogP contribution in [0.25, 0.3) is 0 Å². The lowest BCUT2D eigenvalue weighted by Gasteiger charge is -2.25. The van der Waals surface area contributed by atoms with Crippen LogP contribution in [0.4, 0.5) is 0 Å². The fourth-order valence-corrected chi connectivity index (χ4v) is 2.22. The van der Waals surface area contributed by atoms with Gasteiger partial charge in [0, 0.05) is 6.42 Å². The van der Waals surface area contributed by atoms with Crippen LogP contribution in [-0.4, -0.2) is 12.1 Å². The lowest BCUT2D eigenvalue weighted by molar-refractivity contribution is -0.129. The van der Waals surface area contributed by atoms with Gasteiger partial charge in [-0.1, -0.05) is 30.3 Å². The quantitative estimate of drug-likeness (QED) is 0.545. The molecule has 2 rings (SSSR count). The second-order valence-corrected chi connectivity index (χ2v) is 4.09. The Kier molecular flexibility index (Phi) is 2.95. The van der Waals surface area contributed by atoms with E-state index >= 15 is 0 Å². The Balaban J connectivity index is 2.13. The Morgan fingerprint density at radius 2 is 1.93 bits per heavy atom. The van der Waals surface area contributed by atoms with E-state index < -0.39 is 0 Å². The number of rotatable bonds is 2. The summed E-state index contributed by atoms with van der Waals surface area (Å²) in [7, 11) is 0. The van der Waals surface area contributed by atoms with Gasteiger partial charge in [0.05, 0.1) is 5.92 Å². The zero-order valence-electron chi connectivity index (χ0n) is 8.56. The number of hydrogen-bond donors (Lipinski definition) is 0. The number of hydrogen-bond acceptors (Lipinski definition) is 2. The summed E-state index contributed by atoms with van der Waals surface area (Å²) >= 11 is 0. The van der Waals surface area contributed by atoms with E-state index in [4.69, 9.17) is 0 Å². The molecule has 1 aromatic carbocycles. The van der Waals surface area contributed by atoms with E-state index in [-0.39, 0.29) is 11.7 Å². The summed E-state index contributed by atoms with van der Waals surface area (Å²) < 4.78 is 0. The summed E-state index contributed by atoms with van der Waals surface area (Å²) in [6, 6.07) is 10.1. The topological polar surface area (TPSA) is 34.1 Å². The molecule has 0 spiro atoms. The Labute approximate surface area is 89.3 Å². The lowest BCUT2D eigenvalue weighted by Crippen LogP contribution is -2.24. The smallest absolute Gasteiger partial charge is 0.143 e. The zero-order valence-corrected chi connectivity index (χ0v) is 8.56. The highest BCUT2D eigenvalue weighted by molar-refractivity contribution is 5.93. The van der Waals surface area contributed by atoms with Crippen LogP contribution in [0.5, 0.6) is 0 Å². The third-order valence-corrected chi connectivity index (χ3v) is 3.13. The molecule has 78 valence electrons. The normalized spacial score (nSPS) is 26.3. The van der Waals surface area contributed by atoms with Gasteiger partial charge in [-0.2, -0.15) is 0 Å². The first-order chi connectivity index (χ1) is 7.31. The molecule has 0 bridgehead atoms. The standard InChI is InChI=1S/C13H14O2/c14-9-12-8-11(6-7-13(12)15)10-4-2-1-3-5-10/h1-5,9,11-12H,6-8H2. The summed E-state index contributed by atoms with van der Waals surface area (Å²) in [5.41, 5.74) is 1.25. The van der Waals surface area contributed by atoms with Gasteiger partial charge < -0.3 is 4.79 Å². The highest BCUT2D eigenvalue weighted by atomic mass is 16.1. The van der Waals surface area contributed by atoms with Crippen molar-refractivity contribution in [2.75, 3.05) is 0 Å². The molecule has 0 saturated heterocycles. The molecular formula is C13H14O2. The van der Waals surface area contributed by atoms with Crippen LogP contribution in [0.2, 0.25) is 0 Å². The van der Waals surface area contributed by atoms with E-state index in [0.717, 1.165) is 12.7 Å². The molecule has 1 fully saturated rings. The molecule has 15 heavy (non-hydrogen) atoms. The molecule has 0 heterocycles. The molecule has 1 aliphatic carbocycles. The number of Topliss-reactive ketones (excluding diaryl/α,β-unsaturated/α-hetero) is 1. The van der Waals surface area contributed by atoms with Gasteiger partial charge in [-0.05, 0) is 24.3 Å². The minimum Gasteiger partial charge on any atom is -0.303 e. The molecule has 0 N–H and O–H groups in total. The lowest BCUT2D eigenvalue weighted by atomic mass is 9.78. The van der Waals surface area contributed by atoms with Crippen LogP contribution in [0.3, 0.4) is 0 Å². The van der Waals surface area contributed by atoms with E-state index in [9.17, 15) is 9.59 Å². The van der Waals surface area contributed by atoms with Crippen molar-refractivity contribution >= 4 is 12.1 Å². The van der Waals surface area contributed by atoms with E-state index in [1.807, 2.05) is 18.2 Å². The van der Waals surface area contributed by atoms with Gasteiger partial charge >= 0.3 is 0 Å². The molecule has 0 aromatic heterocycles. The Hall–Kier alpha value is -1.44. The van der Waals surface area contributed by atoms with Crippen molar-refractivity contribution in [2.24, 2.45) is 5.92 Å². The van der Waals surface area contributed by atoms with E-state index in [0.29, 0.717) is 18.8 Å². The van der Waals surface area contributed by atoms with Crippen molar-refractivity contribution in [1.29, 1.82) is 0 Å². The number of ketones is 1. The molecule has 1 aliphatic rings. The van der Waals surface area contributed by atoms with Gasteiger partial charge in [0.15, 0.2) is 0 Å². The molecule has 2 unspecified atom stereocenters. The second-order valence-electron chi connectivity index (χ2n) is 4.09. The van der Waals surface area contributed by atoms with Gasteiger partial charge in [0.1, 0.15) is 12.1 Å². The summed E-state index contributed by atoms with van der Waals surface area (Å²) in [5, 5.41) is 0.